The fourth-order valence-corrected chi connectivity index (χ4v) is 1.61. The third kappa shape index (κ3) is 3.09. The summed E-state index contributed by atoms with van der Waals surface area (Å²) < 4.78 is 0. The Morgan fingerprint density at radius 2 is 2.00 bits per heavy atom. The van der Waals surface area contributed by atoms with Crippen molar-refractivity contribution < 1.29 is 0 Å². The van der Waals surface area contributed by atoms with Crippen molar-refractivity contribution in [1.29, 1.82) is 0 Å². The van der Waals surface area contributed by atoms with Crippen LogP contribution in [-0.4, -0.2) is 4.98 Å². The number of nitrogen functional groups attached to an aromatic ring is 1. The number of hydrogen-bond acceptors (Lipinski definition) is 4. The van der Waals surface area contributed by atoms with Gasteiger partial charge in [0, 0.05) is 11.6 Å². The van der Waals surface area contributed by atoms with Gasteiger partial charge in [0.2, 0.25) is 0 Å². The molecule has 0 aliphatic heterocycles. The zero-order chi connectivity index (χ0) is 12.1. The van der Waals surface area contributed by atoms with E-state index in [2.05, 4.69) is 15.7 Å². The Morgan fingerprint density at radius 1 is 1.18 bits per heavy atom. The molecule has 0 fully saturated rings. The van der Waals surface area contributed by atoms with Crippen molar-refractivity contribution in [2.45, 2.75) is 6.54 Å². The normalized spacial score (nSPS) is 10.0. The van der Waals surface area contributed by atoms with Crippen molar-refractivity contribution in [3.63, 3.8) is 0 Å². The number of nitrogens with two attached hydrogens (primary N) is 1. The Kier molecular flexibility index (Phi) is 3.80. The highest BCUT2D eigenvalue weighted by molar-refractivity contribution is 6.31. The molecule has 0 spiro atoms. The molecule has 4 N–H and O–H groups in total. The number of halogens is 1. The second-order valence-corrected chi connectivity index (χ2v) is 3.93. The number of aromatic nitrogens is 1. The van der Waals surface area contributed by atoms with E-state index < -0.39 is 0 Å². The van der Waals surface area contributed by atoms with Crippen molar-refractivity contribution in [3.8, 4) is 0 Å². The summed E-state index contributed by atoms with van der Waals surface area (Å²) in [5.74, 6) is 6.04. The number of benzene rings is 1. The van der Waals surface area contributed by atoms with Gasteiger partial charge in [0.1, 0.15) is 5.82 Å². The molecule has 1 aromatic carbocycles. The van der Waals surface area contributed by atoms with Crippen molar-refractivity contribution >= 4 is 23.1 Å². The van der Waals surface area contributed by atoms with Crippen LogP contribution in [0.5, 0.6) is 0 Å². The number of anilines is 2. The van der Waals surface area contributed by atoms with Crippen LogP contribution in [0.2, 0.25) is 5.02 Å². The lowest BCUT2D eigenvalue weighted by Gasteiger charge is -2.07. The molecular formula is C12H13ClN4. The summed E-state index contributed by atoms with van der Waals surface area (Å²) in [6.07, 6.45) is 1.66. The Bertz CT molecular complexity index is 484. The van der Waals surface area contributed by atoms with Gasteiger partial charge in [0.05, 0.1) is 11.9 Å². The second-order valence-electron chi connectivity index (χ2n) is 3.52. The number of hydrazine groups is 1. The van der Waals surface area contributed by atoms with Crippen molar-refractivity contribution in [2.75, 3.05) is 10.7 Å². The van der Waals surface area contributed by atoms with Crippen LogP contribution in [-0.2, 0) is 6.54 Å². The Hall–Kier alpha value is -1.78. The molecule has 4 nitrogen and oxygen atoms in total. The molecule has 0 aliphatic rings. The topological polar surface area (TPSA) is 63.0 Å². The standard InChI is InChI=1S/C12H13ClN4/c13-11-4-2-1-3-9(11)7-15-12-6-5-10(17-14)8-16-12/h1-6,8,17H,7,14H2,(H,15,16). The third-order valence-corrected chi connectivity index (χ3v) is 2.72. The van der Waals surface area contributed by atoms with Crippen LogP contribution in [0, 0.1) is 0 Å². The first-order chi connectivity index (χ1) is 8.29. The van der Waals surface area contributed by atoms with Crippen molar-refractivity contribution in [1.82, 2.24) is 4.98 Å². The van der Waals surface area contributed by atoms with Gasteiger partial charge in [-0.3, -0.25) is 5.84 Å². The first kappa shape index (κ1) is 11.7. The monoisotopic (exact) mass is 248 g/mol. The molecule has 0 amide bonds. The van der Waals surface area contributed by atoms with Crippen LogP contribution in [0.3, 0.4) is 0 Å². The summed E-state index contributed by atoms with van der Waals surface area (Å²) >= 11 is 6.05. The number of nitrogens with one attached hydrogen (secondary N) is 2. The second kappa shape index (κ2) is 5.52. The molecule has 0 saturated carbocycles. The van der Waals surface area contributed by atoms with E-state index in [1.165, 1.54) is 0 Å². The van der Waals surface area contributed by atoms with E-state index in [1.54, 1.807) is 6.20 Å². The fraction of sp³-hybridized carbons (Fsp3) is 0.0833. The molecule has 0 aliphatic carbocycles. The molecule has 0 unspecified atom stereocenters. The first-order valence-corrected chi connectivity index (χ1v) is 5.57. The molecule has 0 saturated heterocycles. The maximum atomic E-state index is 6.05. The lowest BCUT2D eigenvalue weighted by Crippen LogP contribution is -2.07. The van der Waals surface area contributed by atoms with Crippen molar-refractivity contribution in [3.05, 3.63) is 53.2 Å². The van der Waals surface area contributed by atoms with E-state index in [-0.39, 0.29) is 0 Å². The number of nitrogens with zero attached hydrogens (tertiary/aromatic N) is 1. The molecule has 0 radical (unpaired) electrons. The van der Waals surface area contributed by atoms with Gasteiger partial charge in [0.15, 0.2) is 0 Å². The molecule has 5 heteroatoms. The lowest BCUT2D eigenvalue weighted by atomic mass is 10.2. The highest BCUT2D eigenvalue weighted by Crippen LogP contribution is 2.16. The van der Waals surface area contributed by atoms with E-state index in [4.69, 9.17) is 17.4 Å². The molecule has 1 aromatic heterocycles. The zero-order valence-corrected chi connectivity index (χ0v) is 9.91. The van der Waals surface area contributed by atoms with Crippen LogP contribution >= 0.6 is 11.6 Å². The first-order valence-electron chi connectivity index (χ1n) is 5.19. The molecule has 17 heavy (non-hydrogen) atoms. The molecule has 2 aromatic rings. The quantitative estimate of drug-likeness (QED) is 0.575. The molecular weight excluding hydrogens is 236 g/mol. The number of rotatable bonds is 4. The smallest absolute Gasteiger partial charge is 0.126 e. The zero-order valence-electron chi connectivity index (χ0n) is 9.15. The van der Waals surface area contributed by atoms with Crippen LogP contribution in [0.1, 0.15) is 5.56 Å². The van der Waals surface area contributed by atoms with Gasteiger partial charge >= 0.3 is 0 Å². The Balaban J connectivity index is 2.00. The SMILES string of the molecule is NNc1ccc(NCc2ccccc2Cl)nc1. The average Bonchev–Trinajstić information content (AvgIpc) is 2.38. The Labute approximate surface area is 105 Å². The molecule has 0 bridgehead atoms. The number of pyridine rings is 1. The van der Waals surface area contributed by atoms with Crippen LogP contribution in [0.15, 0.2) is 42.6 Å². The largest absolute Gasteiger partial charge is 0.366 e. The summed E-state index contributed by atoms with van der Waals surface area (Å²) in [5, 5.41) is 3.94. The predicted octanol–water partition coefficient (Wildman–Crippen LogP) is 2.63. The van der Waals surface area contributed by atoms with Crippen LogP contribution in [0.25, 0.3) is 0 Å². The fourth-order valence-electron chi connectivity index (χ4n) is 1.41. The minimum atomic E-state index is 0.641. The summed E-state index contributed by atoms with van der Waals surface area (Å²) in [6, 6.07) is 11.4. The summed E-state index contributed by atoms with van der Waals surface area (Å²) in [5.41, 5.74) is 4.34. The van der Waals surface area contributed by atoms with Gasteiger partial charge in [-0.25, -0.2) is 4.98 Å². The van der Waals surface area contributed by atoms with Crippen molar-refractivity contribution in [2.24, 2.45) is 5.84 Å². The van der Waals surface area contributed by atoms with Gasteiger partial charge < -0.3 is 10.7 Å². The third-order valence-electron chi connectivity index (χ3n) is 2.35. The number of hydrogen-bond donors (Lipinski definition) is 3. The van der Waals surface area contributed by atoms with E-state index in [0.29, 0.717) is 6.54 Å². The molecule has 88 valence electrons. The highest BCUT2D eigenvalue weighted by Gasteiger charge is 1.99. The summed E-state index contributed by atoms with van der Waals surface area (Å²) in [4.78, 5) is 4.20. The summed E-state index contributed by atoms with van der Waals surface area (Å²) in [7, 11) is 0. The van der Waals surface area contributed by atoms with E-state index in [1.807, 2.05) is 36.4 Å². The van der Waals surface area contributed by atoms with E-state index >= 15 is 0 Å². The van der Waals surface area contributed by atoms with Gasteiger partial charge in [0.25, 0.3) is 0 Å². The van der Waals surface area contributed by atoms with E-state index in [0.717, 1.165) is 22.1 Å². The molecule has 0 atom stereocenters. The van der Waals surface area contributed by atoms with E-state index in [9.17, 15) is 0 Å². The van der Waals surface area contributed by atoms with Crippen LogP contribution < -0.4 is 16.6 Å². The molecule has 1 heterocycles. The minimum Gasteiger partial charge on any atom is -0.366 e. The minimum absolute atomic E-state index is 0.641. The Morgan fingerprint density at radius 3 is 2.65 bits per heavy atom. The highest BCUT2D eigenvalue weighted by atomic mass is 35.5. The van der Waals surface area contributed by atoms with Gasteiger partial charge in [-0.1, -0.05) is 29.8 Å². The van der Waals surface area contributed by atoms with Crippen LogP contribution in [0.4, 0.5) is 11.5 Å². The maximum Gasteiger partial charge on any atom is 0.126 e. The maximum absolute atomic E-state index is 6.05. The van der Waals surface area contributed by atoms with Gasteiger partial charge in [-0.15, -0.1) is 0 Å². The predicted molar refractivity (Wildman–Crippen MR) is 70.8 cm³/mol. The average molecular weight is 249 g/mol. The van der Waals surface area contributed by atoms with Gasteiger partial charge in [-0.05, 0) is 23.8 Å². The summed E-state index contributed by atoms with van der Waals surface area (Å²) in [6.45, 7) is 0.641. The molecule has 2 rings (SSSR count). The lowest BCUT2D eigenvalue weighted by molar-refractivity contribution is 1.11. The van der Waals surface area contributed by atoms with Gasteiger partial charge in [-0.2, -0.15) is 0 Å².